The van der Waals surface area contributed by atoms with Gasteiger partial charge in [0.2, 0.25) is 0 Å². The first-order chi connectivity index (χ1) is 16.8. The Kier molecular flexibility index (Phi) is 7.24. The first kappa shape index (κ1) is 24.5. The Labute approximate surface area is 208 Å². The molecule has 0 saturated heterocycles. The number of carbonyl (C=O) groups excluding carboxylic acids is 2. The SMILES string of the molecule is CC(=O)c1cnc2ccc(-c3cc(F)c(C=O)c(Cl)c3)cc2c1Nc1ccc(CCN(C)C)cc1. The molecule has 7 heteroatoms. The third-order valence-electron chi connectivity index (χ3n) is 5.85. The highest BCUT2D eigenvalue weighted by Crippen LogP contribution is 2.34. The van der Waals surface area contributed by atoms with E-state index >= 15 is 0 Å². The van der Waals surface area contributed by atoms with Gasteiger partial charge in [0.25, 0.3) is 0 Å². The van der Waals surface area contributed by atoms with Gasteiger partial charge in [-0.1, -0.05) is 29.8 Å². The van der Waals surface area contributed by atoms with E-state index in [1.807, 2.05) is 38.4 Å². The molecule has 178 valence electrons. The molecule has 0 atom stereocenters. The molecule has 0 spiro atoms. The molecule has 3 aromatic carbocycles. The number of aldehydes is 1. The van der Waals surface area contributed by atoms with Crippen molar-refractivity contribution in [3.05, 3.63) is 88.3 Å². The number of benzene rings is 3. The van der Waals surface area contributed by atoms with Crippen LogP contribution < -0.4 is 5.32 Å². The van der Waals surface area contributed by atoms with E-state index < -0.39 is 5.82 Å². The number of hydrogen-bond acceptors (Lipinski definition) is 5. The van der Waals surface area contributed by atoms with Crippen LogP contribution in [0, 0.1) is 5.82 Å². The van der Waals surface area contributed by atoms with Gasteiger partial charge in [-0.3, -0.25) is 14.6 Å². The summed E-state index contributed by atoms with van der Waals surface area (Å²) < 4.78 is 14.4. The van der Waals surface area contributed by atoms with E-state index in [4.69, 9.17) is 11.6 Å². The molecule has 35 heavy (non-hydrogen) atoms. The molecule has 0 aliphatic rings. The largest absolute Gasteiger partial charge is 0.354 e. The fourth-order valence-corrected chi connectivity index (χ4v) is 4.14. The number of aromatic nitrogens is 1. The van der Waals surface area contributed by atoms with Crippen LogP contribution in [0.3, 0.4) is 0 Å². The zero-order chi connectivity index (χ0) is 25.1. The Morgan fingerprint density at radius 3 is 2.46 bits per heavy atom. The van der Waals surface area contributed by atoms with Gasteiger partial charge in [0, 0.05) is 23.8 Å². The molecule has 1 N–H and O–H groups in total. The van der Waals surface area contributed by atoms with Crippen molar-refractivity contribution in [3.8, 4) is 11.1 Å². The van der Waals surface area contributed by atoms with Crippen LogP contribution in [-0.4, -0.2) is 42.6 Å². The van der Waals surface area contributed by atoms with E-state index in [2.05, 4.69) is 27.3 Å². The van der Waals surface area contributed by atoms with Crippen molar-refractivity contribution in [1.29, 1.82) is 0 Å². The summed E-state index contributed by atoms with van der Waals surface area (Å²) in [6, 6.07) is 16.4. The highest BCUT2D eigenvalue weighted by Gasteiger charge is 2.16. The first-order valence-electron chi connectivity index (χ1n) is 11.2. The Balaban J connectivity index is 1.78. The maximum absolute atomic E-state index is 14.4. The van der Waals surface area contributed by atoms with E-state index in [1.165, 1.54) is 18.6 Å². The number of nitrogens with one attached hydrogen (secondary N) is 1. The number of hydrogen-bond donors (Lipinski definition) is 1. The van der Waals surface area contributed by atoms with Gasteiger partial charge < -0.3 is 10.2 Å². The molecule has 0 aliphatic carbocycles. The smallest absolute Gasteiger partial charge is 0.163 e. The van der Waals surface area contributed by atoms with Gasteiger partial charge >= 0.3 is 0 Å². The van der Waals surface area contributed by atoms with Crippen LogP contribution in [0.2, 0.25) is 5.02 Å². The van der Waals surface area contributed by atoms with Crippen molar-refractivity contribution in [2.75, 3.05) is 26.0 Å². The second-order valence-corrected chi connectivity index (χ2v) is 9.09. The number of fused-ring (bicyclic) bond motifs is 1. The Hall–Kier alpha value is -3.61. The standard InChI is InChI=1S/C28H25ClFN3O2/c1-17(35)23-15-31-27-9-6-19(20-13-25(29)24(16-34)26(30)14-20)12-22(27)28(23)32-21-7-4-18(5-8-21)10-11-33(2)3/h4-9,12-16H,10-11H2,1-3H3,(H,31,32). The summed E-state index contributed by atoms with van der Waals surface area (Å²) in [7, 11) is 4.09. The van der Waals surface area contributed by atoms with Crippen LogP contribution in [0.15, 0.2) is 60.8 Å². The summed E-state index contributed by atoms with van der Waals surface area (Å²) in [6.45, 7) is 2.45. The van der Waals surface area contributed by atoms with E-state index in [1.54, 1.807) is 18.3 Å². The summed E-state index contributed by atoms with van der Waals surface area (Å²) in [5.41, 5.74) is 4.84. The summed E-state index contributed by atoms with van der Waals surface area (Å²) in [4.78, 5) is 30.1. The van der Waals surface area contributed by atoms with Crippen molar-refractivity contribution in [2.45, 2.75) is 13.3 Å². The maximum Gasteiger partial charge on any atom is 0.163 e. The third kappa shape index (κ3) is 5.39. The second-order valence-electron chi connectivity index (χ2n) is 8.68. The van der Waals surface area contributed by atoms with Gasteiger partial charge in [-0.25, -0.2) is 4.39 Å². The Bertz CT molecular complexity index is 1400. The molecule has 1 aromatic heterocycles. The van der Waals surface area contributed by atoms with Crippen molar-refractivity contribution in [3.63, 3.8) is 0 Å². The van der Waals surface area contributed by atoms with E-state index in [0.717, 1.165) is 18.7 Å². The Morgan fingerprint density at radius 2 is 1.83 bits per heavy atom. The molecule has 0 saturated carbocycles. The minimum atomic E-state index is -0.689. The van der Waals surface area contributed by atoms with Crippen molar-refractivity contribution >= 4 is 45.9 Å². The normalized spacial score (nSPS) is 11.1. The highest BCUT2D eigenvalue weighted by atomic mass is 35.5. The monoisotopic (exact) mass is 489 g/mol. The molecule has 1 heterocycles. The van der Waals surface area contributed by atoms with Crippen LogP contribution in [0.5, 0.6) is 0 Å². The van der Waals surface area contributed by atoms with Crippen LogP contribution in [-0.2, 0) is 6.42 Å². The number of Topliss-reactive ketones (excluding diaryl/α,β-unsaturated/α-hetero) is 1. The Morgan fingerprint density at radius 1 is 1.09 bits per heavy atom. The van der Waals surface area contributed by atoms with Crippen LogP contribution in [0.4, 0.5) is 15.8 Å². The zero-order valence-corrected chi connectivity index (χ0v) is 20.5. The van der Waals surface area contributed by atoms with Gasteiger partial charge in [-0.05, 0) is 80.5 Å². The molecular weight excluding hydrogens is 465 g/mol. The molecule has 4 aromatic rings. The minimum Gasteiger partial charge on any atom is -0.354 e. The number of likely N-dealkylation sites (N-methyl/N-ethyl adjacent to an activating group) is 1. The highest BCUT2D eigenvalue weighted by molar-refractivity contribution is 6.33. The van der Waals surface area contributed by atoms with Crippen LogP contribution in [0.1, 0.15) is 33.2 Å². The first-order valence-corrected chi connectivity index (χ1v) is 11.5. The summed E-state index contributed by atoms with van der Waals surface area (Å²) in [6.07, 6.45) is 2.90. The molecular formula is C28H25ClFN3O2. The predicted octanol–water partition coefficient (Wildman–Crippen LogP) is 6.56. The van der Waals surface area contributed by atoms with Crippen molar-refractivity contribution in [1.82, 2.24) is 9.88 Å². The van der Waals surface area contributed by atoms with E-state index in [9.17, 15) is 14.0 Å². The molecule has 5 nitrogen and oxygen atoms in total. The number of nitrogens with zero attached hydrogens (tertiary/aromatic N) is 2. The summed E-state index contributed by atoms with van der Waals surface area (Å²) in [5, 5.41) is 4.14. The fourth-order valence-electron chi connectivity index (χ4n) is 3.89. The van der Waals surface area contributed by atoms with E-state index in [0.29, 0.717) is 39.6 Å². The molecule has 0 unspecified atom stereocenters. The average Bonchev–Trinajstić information content (AvgIpc) is 2.83. The fraction of sp³-hybridized carbons (Fsp3) is 0.179. The van der Waals surface area contributed by atoms with Crippen molar-refractivity contribution < 1.29 is 14.0 Å². The molecule has 4 rings (SSSR count). The molecule has 0 bridgehead atoms. The van der Waals surface area contributed by atoms with Gasteiger partial charge in [0.1, 0.15) is 5.82 Å². The third-order valence-corrected chi connectivity index (χ3v) is 6.16. The molecule has 0 radical (unpaired) electrons. The lowest BCUT2D eigenvalue weighted by molar-refractivity contribution is 0.101. The van der Waals surface area contributed by atoms with Gasteiger partial charge in [0.05, 0.1) is 27.4 Å². The van der Waals surface area contributed by atoms with Crippen LogP contribution in [0.25, 0.3) is 22.0 Å². The van der Waals surface area contributed by atoms with Gasteiger partial charge in [-0.2, -0.15) is 0 Å². The van der Waals surface area contributed by atoms with Gasteiger partial charge in [0.15, 0.2) is 12.1 Å². The zero-order valence-electron chi connectivity index (χ0n) is 19.7. The van der Waals surface area contributed by atoms with E-state index in [-0.39, 0.29) is 16.4 Å². The molecule has 0 amide bonds. The number of carbonyl (C=O) groups is 2. The lowest BCUT2D eigenvalue weighted by atomic mass is 9.99. The quantitative estimate of drug-likeness (QED) is 0.224. The number of anilines is 2. The maximum atomic E-state index is 14.4. The topological polar surface area (TPSA) is 62.3 Å². The summed E-state index contributed by atoms with van der Waals surface area (Å²) in [5.74, 6) is -0.815. The lowest BCUT2D eigenvalue weighted by Crippen LogP contribution is -2.14. The number of halogens is 2. The minimum absolute atomic E-state index is 0.0402. The van der Waals surface area contributed by atoms with Crippen LogP contribution >= 0.6 is 11.6 Å². The average molecular weight is 490 g/mol. The molecule has 0 aliphatic heterocycles. The second kappa shape index (κ2) is 10.3. The lowest BCUT2D eigenvalue weighted by Gasteiger charge is -2.15. The predicted molar refractivity (Wildman–Crippen MR) is 140 cm³/mol. The number of pyridine rings is 1. The number of rotatable bonds is 8. The summed E-state index contributed by atoms with van der Waals surface area (Å²) >= 11 is 6.12. The van der Waals surface area contributed by atoms with Crippen molar-refractivity contribution in [2.24, 2.45) is 0 Å². The number of ketones is 1. The molecule has 0 fully saturated rings. The van der Waals surface area contributed by atoms with Gasteiger partial charge in [-0.15, -0.1) is 0 Å².